The number of hydrogen-bond donors (Lipinski definition) is 1. The third kappa shape index (κ3) is 4.64. The number of hydrogen-bond acceptors (Lipinski definition) is 3. The molecule has 0 aliphatic carbocycles. The lowest BCUT2D eigenvalue weighted by molar-refractivity contribution is -0.129. The highest BCUT2D eigenvalue weighted by Crippen LogP contribution is 2.13. The molecule has 1 amide bonds. The molecule has 0 aromatic carbocycles. The second kappa shape index (κ2) is 6.97. The van der Waals surface area contributed by atoms with Crippen molar-refractivity contribution in [1.29, 1.82) is 0 Å². The number of nitrogens with one attached hydrogen (secondary N) is 1. The molecule has 1 unspecified atom stereocenters. The summed E-state index contributed by atoms with van der Waals surface area (Å²) in [6.07, 6.45) is 1.26. The highest BCUT2D eigenvalue weighted by atomic mass is 16.5. The summed E-state index contributed by atoms with van der Waals surface area (Å²) in [7, 11) is 0. The van der Waals surface area contributed by atoms with Gasteiger partial charge < -0.3 is 9.64 Å². The molecule has 1 aliphatic rings. The molecule has 0 aromatic rings. The third-order valence-electron chi connectivity index (χ3n) is 3.07. The first-order valence-electron chi connectivity index (χ1n) is 6.63. The number of nitrogens with zero attached hydrogens (tertiary/aromatic N) is 1. The van der Waals surface area contributed by atoms with Gasteiger partial charge in [0.1, 0.15) is 0 Å². The van der Waals surface area contributed by atoms with E-state index in [0.29, 0.717) is 31.5 Å². The van der Waals surface area contributed by atoms with Gasteiger partial charge in [-0.1, -0.05) is 27.7 Å². The van der Waals surface area contributed by atoms with E-state index in [-0.39, 0.29) is 12.1 Å². The Bertz CT molecular complexity index is 242. The maximum absolute atomic E-state index is 11.7. The number of carbonyl (C=O) groups is 1. The normalized spacial score (nSPS) is 20.9. The van der Waals surface area contributed by atoms with Gasteiger partial charge in [-0.25, -0.2) is 0 Å². The number of amides is 1. The van der Waals surface area contributed by atoms with E-state index < -0.39 is 0 Å². The molecule has 1 rings (SSSR count). The second-order valence-corrected chi connectivity index (χ2v) is 5.45. The monoisotopic (exact) mass is 242 g/mol. The Morgan fingerprint density at radius 2 is 2.06 bits per heavy atom. The lowest BCUT2D eigenvalue weighted by atomic mass is 10.1. The topological polar surface area (TPSA) is 41.6 Å². The average Bonchev–Trinajstić information content (AvgIpc) is 2.59. The Balaban J connectivity index is 2.22. The third-order valence-corrected chi connectivity index (χ3v) is 3.07. The van der Waals surface area contributed by atoms with E-state index in [2.05, 4.69) is 33.0 Å². The largest absolute Gasteiger partial charge is 0.380 e. The molecular formula is C13H26N2O2. The van der Waals surface area contributed by atoms with E-state index in [4.69, 9.17) is 4.74 Å². The molecule has 0 aromatic heterocycles. The van der Waals surface area contributed by atoms with Crippen molar-refractivity contribution in [2.24, 2.45) is 11.8 Å². The molecule has 0 bridgehead atoms. The van der Waals surface area contributed by atoms with Gasteiger partial charge in [0.15, 0.2) is 0 Å². The maximum Gasteiger partial charge on any atom is 0.237 e. The van der Waals surface area contributed by atoms with Crippen molar-refractivity contribution in [2.45, 2.75) is 40.3 Å². The molecule has 0 saturated carbocycles. The predicted octanol–water partition coefficient (Wildman–Crippen LogP) is 1.46. The maximum atomic E-state index is 11.7. The summed E-state index contributed by atoms with van der Waals surface area (Å²) in [5.74, 6) is 1.31. The zero-order valence-electron chi connectivity index (χ0n) is 11.5. The van der Waals surface area contributed by atoms with Gasteiger partial charge in [-0.05, 0) is 18.3 Å². The Hall–Kier alpha value is -0.610. The number of ether oxygens (including phenoxy) is 1. The van der Waals surface area contributed by atoms with Crippen molar-refractivity contribution >= 4 is 5.91 Å². The standard InChI is InChI=1S/C13H26N2O2/c1-10(2)5-7-17-8-6-15-12(16)9-14-13(15)11(3)4/h10-11,13-14H,5-9H2,1-4H3. The Labute approximate surface area is 105 Å². The zero-order chi connectivity index (χ0) is 12.8. The molecule has 1 fully saturated rings. The molecule has 100 valence electrons. The fraction of sp³-hybridized carbons (Fsp3) is 0.923. The molecule has 1 saturated heterocycles. The fourth-order valence-corrected chi connectivity index (χ4v) is 2.00. The Kier molecular flexibility index (Phi) is 5.92. The van der Waals surface area contributed by atoms with E-state index in [1.807, 2.05) is 4.90 Å². The van der Waals surface area contributed by atoms with Crippen LogP contribution in [0.4, 0.5) is 0 Å². The van der Waals surface area contributed by atoms with Crippen LogP contribution >= 0.6 is 0 Å². The summed E-state index contributed by atoms with van der Waals surface area (Å²) in [5.41, 5.74) is 0. The molecule has 1 aliphatic heterocycles. The Morgan fingerprint density at radius 1 is 1.35 bits per heavy atom. The second-order valence-electron chi connectivity index (χ2n) is 5.45. The lowest BCUT2D eigenvalue weighted by Gasteiger charge is -2.27. The minimum Gasteiger partial charge on any atom is -0.380 e. The van der Waals surface area contributed by atoms with Gasteiger partial charge in [0, 0.05) is 13.2 Å². The Morgan fingerprint density at radius 3 is 2.65 bits per heavy atom. The smallest absolute Gasteiger partial charge is 0.237 e. The SMILES string of the molecule is CC(C)CCOCCN1C(=O)CNC1C(C)C. The van der Waals surface area contributed by atoms with Crippen LogP contribution in [0.15, 0.2) is 0 Å². The fourth-order valence-electron chi connectivity index (χ4n) is 2.00. The molecule has 1 heterocycles. The van der Waals surface area contributed by atoms with Crippen molar-refractivity contribution in [3.05, 3.63) is 0 Å². The van der Waals surface area contributed by atoms with Crippen LogP contribution in [-0.4, -0.2) is 43.3 Å². The van der Waals surface area contributed by atoms with Crippen molar-refractivity contribution in [2.75, 3.05) is 26.3 Å². The minimum absolute atomic E-state index is 0.177. The summed E-state index contributed by atoms with van der Waals surface area (Å²) in [6, 6.07) is 0. The molecule has 17 heavy (non-hydrogen) atoms. The van der Waals surface area contributed by atoms with Crippen LogP contribution in [-0.2, 0) is 9.53 Å². The van der Waals surface area contributed by atoms with Gasteiger partial charge in [0.25, 0.3) is 0 Å². The van der Waals surface area contributed by atoms with E-state index in [1.165, 1.54) is 0 Å². The highest BCUT2D eigenvalue weighted by Gasteiger charge is 2.31. The lowest BCUT2D eigenvalue weighted by Crippen LogP contribution is -2.43. The first-order chi connectivity index (χ1) is 8.02. The van der Waals surface area contributed by atoms with Crippen LogP contribution in [0.5, 0.6) is 0 Å². The van der Waals surface area contributed by atoms with Crippen LogP contribution < -0.4 is 5.32 Å². The van der Waals surface area contributed by atoms with Crippen LogP contribution in [0.2, 0.25) is 0 Å². The van der Waals surface area contributed by atoms with E-state index >= 15 is 0 Å². The minimum atomic E-state index is 0.177. The number of carbonyl (C=O) groups excluding carboxylic acids is 1. The molecule has 1 atom stereocenters. The van der Waals surface area contributed by atoms with Gasteiger partial charge in [-0.15, -0.1) is 0 Å². The van der Waals surface area contributed by atoms with Crippen molar-refractivity contribution in [3.63, 3.8) is 0 Å². The van der Waals surface area contributed by atoms with E-state index in [0.717, 1.165) is 13.0 Å². The van der Waals surface area contributed by atoms with Crippen molar-refractivity contribution in [1.82, 2.24) is 10.2 Å². The highest BCUT2D eigenvalue weighted by molar-refractivity contribution is 5.80. The van der Waals surface area contributed by atoms with Crippen LogP contribution in [0, 0.1) is 11.8 Å². The molecule has 0 radical (unpaired) electrons. The van der Waals surface area contributed by atoms with Crippen molar-refractivity contribution in [3.8, 4) is 0 Å². The van der Waals surface area contributed by atoms with Crippen LogP contribution in [0.3, 0.4) is 0 Å². The summed E-state index contributed by atoms with van der Waals surface area (Å²) in [5, 5.41) is 3.24. The average molecular weight is 242 g/mol. The predicted molar refractivity (Wildman–Crippen MR) is 68.6 cm³/mol. The molecular weight excluding hydrogens is 216 g/mol. The first kappa shape index (κ1) is 14.5. The van der Waals surface area contributed by atoms with Crippen molar-refractivity contribution < 1.29 is 9.53 Å². The van der Waals surface area contributed by atoms with Gasteiger partial charge in [0.05, 0.1) is 19.3 Å². The summed E-state index contributed by atoms with van der Waals surface area (Å²) >= 11 is 0. The molecule has 0 spiro atoms. The van der Waals surface area contributed by atoms with Gasteiger partial charge in [-0.3, -0.25) is 10.1 Å². The quantitative estimate of drug-likeness (QED) is 0.687. The van der Waals surface area contributed by atoms with Gasteiger partial charge in [-0.2, -0.15) is 0 Å². The summed E-state index contributed by atoms with van der Waals surface area (Å²) in [6.45, 7) is 11.2. The number of rotatable bonds is 7. The van der Waals surface area contributed by atoms with E-state index in [1.54, 1.807) is 0 Å². The van der Waals surface area contributed by atoms with Crippen LogP contribution in [0.25, 0.3) is 0 Å². The molecule has 4 nitrogen and oxygen atoms in total. The zero-order valence-corrected chi connectivity index (χ0v) is 11.5. The van der Waals surface area contributed by atoms with Crippen LogP contribution in [0.1, 0.15) is 34.1 Å². The molecule has 1 N–H and O–H groups in total. The van der Waals surface area contributed by atoms with Gasteiger partial charge in [0.2, 0.25) is 5.91 Å². The summed E-state index contributed by atoms with van der Waals surface area (Å²) in [4.78, 5) is 13.6. The molecule has 4 heteroatoms. The van der Waals surface area contributed by atoms with Gasteiger partial charge >= 0.3 is 0 Å². The summed E-state index contributed by atoms with van der Waals surface area (Å²) < 4.78 is 5.56. The first-order valence-corrected chi connectivity index (χ1v) is 6.63. The van der Waals surface area contributed by atoms with E-state index in [9.17, 15) is 4.79 Å².